The molecule has 0 radical (unpaired) electrons. The van der Waals surface area contributed by atoms with Gasteiger partial charge in [-0.3, -0.25) is 0 Å². The average Bonchev–Trinajstić information content (AvgIpc) is 2.48. The first kappa shape index (κ1) is 15.6. The van der Waals surface area contributed by atoms with Crippen molar-refractivity contribution in [3.8, 4) is 11.5 Å². The van der Waals surface area contributed by atoms with Crippen LogP contribution in [0.3, 0.4) is 0 Å². The standard InChI is InChI=1S/C16H17BrFNO2/c1-10(13-6-5-12(20-2)9-15(13)18)19-11-4-7-14(17)16(8-11)21-3/h4-10,19H,1-3H3. The van der Waals surface area contributed by atoms with E-state index in [1.54, 1.807) is 19.2 Å². The number of nitrogens with one attached hydrogen (secondary N) is 1. The number of rotatable bonds is 5. The zero-order chi connectivity index (χ0) is 15.4. The zero-order valence-electron chi connectivity index (χ0n) is 12.1. The SMILES string of the molecule is COc1ccc(C(C)Nc2ccc(Br)c(OC)c2)c(F)c1. The highest BCUT2D eigenvalue weighted by atomic mass is 79.9. The number of benzene rings is 2. The van der Waals surface area contributed by atoms with Crippen LogP contribution in [-0.4, -0.2) is 14.2 Å². The van der Waals surface area contributed by atoms with E-state index in [0.717, 1.165) is 15.9 Å². The fraction of sp³-hybridized carbons (Fsp3) is 0.250. The third-order valence-electron chi connectivity index (χ3n) is 3.21. The fourth-order valence-electron chi connectivity index (χ4n) is 2.06. The lowest BCUT2D eigenvalue weighted by atomic mass is 10.1. The van der Waals surface area contributed by atoms with Gasteiger partial charge in [0.15, 0.2) is 0 Å². The molecule has 3 nitrogen and oxygen atoms in total. The molecule has 0 saturated carbocycles. The summed E-state index contributed by atoms with van der Waals surface area (Å²) >= 11 is 3.40. The van der Waals surface area contributed by atoms with Gasteiger partial charge in [-0.1, -0.05) is 6.07 Å². The lowest BCUT2D eigenvalue weighted by Gasteiger charge is -2.17. The molecule has 1 N–H and O–H groups in total. The normalized spacial score (nSPS) is 11.9. The van der Waals surface area contributed by atoms with Gasteiger partial charge >= 0.3 is 0 Å². The monoisotopic (exact) mass is 353 g/mol. The third-order valence-corrected chi connectivity index (χ3v) is 3.86. The number of hydrogen-bond donors (Lipinski definition) is 1. The Kier molecular flexibility index (Phi) is 5.07. The van der Waals surface area contributed by atoms with Crippen LogP contribution in [0.25, 0.3) is 0 Å². The number of anilines is 1. The van der Waals surface area contributed by atoms with Crippen LogP contribution in [-0.2, 0) is 0 Å². The van der Waals surface area contributed by atoms with Crippen molar-refractivity contribution in [1.82, 2.24) is 0 Å². The fourth-order valence-corrected chi connectivity index (χ4v) is 2.47. The molecule has 0 aliphatic carbocycles. The van der Waals surface area contributed by atoms with E-state index in [9.17, 15) is 4.39 Å². The molecule has 2 aromatic carbocycles. The summed E-state index contributed by atoms with van der Waals surface area (Å²) in [6, 6.07) is 10.3. The first-order chi connectivity index (χ1) is 10.0. The molecule has 112 valence electrons. The van der Waals surface area contributed by atoms with Gasteiger partial charge in [0.2, 0.25) is 0 Å². The van der Waals surface area contributed by atoms with Crippen molar-refractivity contribution < 1.29 is 13.9 Å². The maximum Gasteiger partial charge on any atom is 0.135 e. The summed E-state index contributed by atoms with van der Waals surface area (Å²) in [6.07, 6.45) is 0. The predicted molar refractivity (Wildman–Crippen MR) is 85.7 cm³/mol. The van der Waals surface area contributed by atoms with E-state index in [1.807, 2.05) is 25.1 Å². The second kappa shape index (κ2) is 6.80. The van der Waals surface area contributed by atoms with Crippen LogP contribution in [0.15, 0.2) is 40.9 Å². The van der Waals surface area contributed by atoms with Crippen molar-refractivity contribution >= 4 is 21.6 Å². The predicted octanol–water partition coefficient (Wildman–Crippen LogP) is 4.78. The van der Waals surface area contributed by atoms with Crippen LogP contribution in [0.4, 0.5) is 10.1 Å². The summed E-state index contributed by atoms with van der Waals surface area (Å²) in [5.74, 6) is 0.939. The van der Waals surface area contributed by atoms with Crippen molar-refractivity contribution in [2.45, 2.75) is 13.0 Å². The van der Waals surface area contributed by atoms with E-state index in [0.29, 0.717) is 11.3 Å². The van der Waals surface area contributed by atoms with Gasteiger partial charge in [-0.15, -0.1) is 0 Å². The van der Waals surface area contributed by atoms with Crippen molar-refractivity contribution in [3.63, 3.8) is 0 Å². The molecule has 0 aliphatic heterocycles. The Bertz CT molecular complexity index is 634. The van der Waals surface area contributed by atoms with Gasteiger partial charge in [-0.25, -0.2) is 4.39 Å². The van der Waals surface area contributed by atoms with Crippen LogP contribution in [0.5, 0.6) is 11.5 Å². The average molecular weight is 354 g/mol. The minimum Gasteiger partial charge on any atom is -0.497 e. The maximum absolute atomic E-state index is 14.0. The quantitative estimate of drug-likeness (QED) is 0.838. The first-order valence-electron chi connectivity index (χ1n) is 6.48. The third kappa shape index (κ3) is 3.67. The van der Waals surface area contributed by atoms with Crippen LogP contribution < -0.4 is 14.8 Å². The molecule has 5 heteroatoms. The minimum absolute atomic E-state index is 0.179. The van der Waals surface area contributed by atoms with Gasteiger partial charge in [-0.05, 0) is 41.1 Å². The van der Waals surface area contributed by atoms with Gasteiger partial charge in [0.1, 0.15) is 17.3 Å². The van der Waals surface area contributed by atoms with E-state index >= 15 is 0 Å². The molecule has 0 aromatic heterocycles. The van der Waals surface area contributed by atoms with E-state index in [1.165, 1.54) is 13.2 Å². The molecule has 0 heterocycles. The Hall–Kier alpha value is -1.75. The van der Waals surface area contributed by atoms with E-state index in [2.05, 4.69) is 21.2 Å². The smallest absolute Gasteiger partial charge is 0.135 e. The van der Waals surface area contributed by atoms with Gasteiger partial charge in [0.05, 0.1) is 24.7 Å². The number of ether oxygens (including phenoxy) is 2. The highest BCUT2D eigenvalue weighted by Crippen LogP contribution is 2.30. The lowest BCUT2D eigenvalue weighted by molar-refractivity contribution is 0.410. The van der Waals surface area contributed by atoms with Crippen LogP contribution in [0.1, 0.15) is 18.5 Å². The van der Waals surface area contributed by atoms with Crippen molar-refractivity contribution in [3.05, 3.63) is 52.3 Å². The summed E-state index contributed by atoms with van der Waals surface area (Å²) in [5, 5.41) is 3.26. The van der Waals surface area contributed by atoms with Crippen molar-refractivity contribution in [2.75, 3.05) is 19.5 Å². The summed E-state index contributed by atoms with van der Waals surface area (Å²) < 4.78 is 25.2. The molecule has 0 amide bonds. The summed E-state index contributed by atoms with van der Waals surface area (Å²) in [7, 11) is 3.13. The molecule has 2 aromatic rings. The topological polar surface area (TPSA) is 30.5 Å². The van der Waals surface area contributed by atoms with E-state index in [-0.39, 0.29) is 11.9 Å². The Morgan fingerprint density at radius 2 is 1.86 bits per heavy atom. The highest BCUT2D eigenvalue weighted by Gasteiger charge is 2.12. The van der Waals surface area contributed by atoms with Crippen LogP contribution in [0, 0.1) is 5.82 Å². The Labute approximate surface area is 132 Å². The molecule has 0 aliphatic rings. The molecule has 0 bridgehead atoms. The van der Waals surface area contributed by atoms with Gasteiger partial charge in [0.25, 0.3) is 0 Å². The Balaban J connectivity index is 2.19. The lowest BCUT2D eigenvalue weighted by Crippen LogP contribution is -2.08. The van der Waals surface area contributed by atoms with Crippen LogP contribution >= 0.6 is 15.9 Å². The summed E-state index contributed by atoms with van der Waals surface area (Å²) in [6.45, 7) is 1.90. The summed E-state index contributed by atoms with van der Waals surface area (Å²) in [4.78, 5) is 0. The molecule has 1 atom stereocenters. The van der Waals surface area contributed by atoms with Crippen molar-refractivity contribution in [1.29, 1.82) is 0 Å². The second-order valence-corrected chi connectivity index (χ2v) is 5.46. The molecular weight excluding hydrogens is 337 g/mol. The largest absolute Gasteiger partial charge is 0.497 e. The first-order valence-corrected chi connectivity index (χ1v) is 7.28. The zero-order valence-corrected chi connectivity index (χ0v) is 13.7. The minimum atomic E-state index is -0.293. The van der Waals surface area contributed by atoms with Gasteiger partial charge in [-0.2, -0.15) is 0 Å². The van der Waals surface area contributed by atoms with Crippen LogP contribution in [0.2, 0.25) is 0 Å². The summed E-state index contributed by atoms with van der Waals surface area (Å²) in [5.41, 5.74) is 1.44. The molecule has 2 rings (SSSR count). The molecular formula is C16H17BrFNO2. The number of halogens is 2. The number of methoxy groups -OCH3 is 2. The number of hydrogen-bond acceptors (Lipinski definition) is 3. The molecule has 1 unspecified atom stereocenters. The van der Waals surface area contributed by atoms with Gasteiger partial charge in [0, 0.05) is 23.4 Å². The molecule has 0 saturated heterocycles. The van der Waals surface area contributed by atoms with Crippen molar-refractivity contribution in [2.24, 2.45) is 0 Å². The Morgan fingerprint density at radius 1 is 1.10 bits per heavy atom. The highest BCUT2D eigenvalue weighted by molar-refractivity contribution is 9.10. The molecule has 0 spiro atoms. The van der Waals surface area contributed by atoms with E-state index < -0.39 is 0 Å². The molecule has 21 heavy (non-hydrogen) atoms. The maximum atomic E-state index is 14.0. The second-order valence-electron chi connectivity index (χ2n) is 4.60. The Morgan fingerprint density at radius 3 is 2.48 bits per heavy atom. The van der Waals surface area contributed by atoms with E-state index in [4.69, 9.17) is 9.47 Å². The van der Waals surface area contributed by atoms with Gasteiger partial charge < -0.3 is 14.8 Å². The molecule has 0 fully saturated rings.